The van der Waals surface area contributed by atoms with Crippen LogP contribution in [0.25, 0.3) is 0 Å². The molecule has 1 aromatic carbocycles. The van der Waals surface area contributed by atoms with Gasteiger partial charge in [0.2, 0.25) is 0 Å². The standard InChI is InChI=1S/C19H17ClN4O/c20-14-5-3-7-16(13-14)24-18-17(8-4-11-22-18)19(25)23-12-9-15-6-1-2-10-21-15/h1-8,10-11,13H,9,12H2,(H,22,24)(H,23,25). The summed E-state index contributed by atoms with van der Waals surface area (Å²) in [6.07, 6.45) is 4.05. The average Bonchev–Trinajstić information content (AvgIpc) is 2.63. The molecule has 1 amide bonds. The largest absolute Gasteiger partial charge is 0.352 e. The number of hydrogen-bond acceptors (Lipinski definition) is 4. The van der Waals surface area contributed by atoms with E-state index in [0.29, 0.717) is 29.4 Å². The van der Waals surface area contributed by atoms with Crippen molar-refractivity contribution in [2.75, 3.05) is 11.9 Å². The Bertz CT molecular complexity index is 855. The molecule has 0 fully saturated rings. The van der Waals surface area contributed by atoms with Crippen LogP contribution >= 0.6 is 11.6 Å². The van der Waals surface area contributed by atoms with Gasteiger partial charge in [0, 0.05) is 41.8 Å². The van der Waals surface area contributed by atoms with E-state index in [1.165, 1.54) is 0 Å². The van der Waals surface area contributed by atoms with Crippen LogP contribution in [0.2, 0.25) is 5.02 Å². The third kappa shape index (κ3) is 4.78. The average molecular weight is 353 g/mol. The number of carbonyl (C=O) groups is 1. The van der Waals surface area contributed by atoms with Crippen molar-refractivity contribution in [2.24, 2.45) is 0 Å². The van der Waals surface area contributed by atoms with Crippen LogP contribution in [0.4, 0.5) is 11.5 Å². The normalized spacial score (nSPS) is 10.3. The Morgan fingerprint density at radius 2 is 1.88 bits per heavy atom. The van der Waals surface area contributed by atoms with Crippen LogP contribution in [0.5, 0.6) is 0 Å². The molecule has 0 unspecified atom stereocenters. The number of amides is 1. The van der Waals surface area contributed by atoms with Gasteiger partial charge in [-0.2, -0.15) is 0 Å². The third-order valence-corrected chi connectivity index (χ3v) is 3.77. The van der Waals surface area contributed by atoms with E-state index in [0.717, 1.165) is 11.4 Å². The van der Waals surface area contributed by atoms with E-state index in [2.05, 4.69) is 20.6 Å². The van der Waals surface area contributed by atoms with Gasteiger partial charge in [-0.3, -0.25) is 9.78 Å². The molecular formula is C19H17ClN4O. The summed E-state index contributed by atoms with van der Waals surface area (Å²) in [6, 6.07) is 16.5. The number of hydrogen-bond donors (Lipinski definition) is 2. The van der Waals surface area contributed by atoms with Crippen molar-refractivity contribution in [3.8, 4) is 0 Å². The van der Waals surface area contributed by atoms with Gasteiger partial charge in [0.05, 0.1) is 5.56 Å². The predicted molar refractivity (Wildman–Crippen MR) is 99.2 cm³/mol. The first-order chi connectivity index (χ1) is 12.2. The van der Waals surface area contributed by atoms with Gasteiger partial charge >= 0.3 is 0 Å². The summed E-state index contributed by atoms with van der Waals surface area (Å²) in [5.41, 5.74) is 2.18. The molecule has 0 aliphatic carbocycles. The number of nitrogens with zero attached hydrogens (tertiary/aromatic N) is 2. The van der Waals surface area contributed by atoms with Gasteiger partial charge in [0.25, 0.3) is 5.91 Å². The van der Waals surface area contributed by atoms with Crippen LogP contribution in [0, 0.1) is 0 Å². The van der Waals surface area contributed by atoms with Gasteiger partial charge < -0.3 is 10.6 Å². The Balaban J connectivity index is 1.66. The van der Waals surface area contributed by atoms with E-state index in [-0.39, 0.29) is 5.91 Å². The second kappa shape index (κ2) is 8.26. The molecule has 2 N–H and O–H groups in total. The molecule has 0 spiro atoms. The maximum Gasteiger partial charge on any atom is 0.255 e. The van der Waals surface area contributed by atoms with Crippen molar-refractivity contribution in [2.45, 2.75) is 6.42 Å². The lowest BCUT2D eigenvalue weighted by Crippen LogP contribution is -2.26. The minimum absolute atomic E-state index is 0.187. The zero-order valence-electron chi connectivity index (χ0n) is 13.4. The minimum atomic E-state index is -0.187. The number of anilines is 2. The molecule has 3 aromatic rings. The smallest absolute Gasteiger partial charge is 0.255 e. The van der Waals surface area contributed by atoms with E-state index in [1.807, 2.05) is 30.3 Å². The molecule has 3 rings (SSSR count). The second-order valence-corrected chi connectivity index (χ2v) is 5.80. The number of pyridine rings is 2. The molecule has 0 radical (unpaired) electrons. The fourth-order valence-corrected chi connectivity index (χ4v) is 2.53. The van der Waals surface area contributed by atoms with Gasteiger partial charge in [-0.15, -0.1) is 0 Å². The quantitative estimate of drug-likeness (QED) is 0.707. The van der Waals surface area contributed by atoms with Gasteiger partial charge in [0.1, 0.15) is 5.82 Å². The molecule has 0 bridgehead atoms. The third-order valence-electron chi connectivity index (χ3n) is 3.53. The first-order valence-electron chi connectivity index (χ1n) is 7.88. The van der Waals surface area contributed by atoms with E-state index in [1.54, 1.807) is 36.7 Å². The Labute approximate surface area is 151 Å². The van der Waals surface area contributed by atoms with E-state index in [9.17, 15) is 4.79 Å². The van der Waals surface area contributed by atoms with Crippen molar-refractivity contribution in [3.05, 3.63) is 83.3 Å². The van der Waals surface area contributed by atoms with E-state index >= 15 is 0 Å². The predicted octanol–water partition coefficient (Wildman–Crippen LogP) is 3.85. The molecule has 0 saturated carbocycles. The highest BCUT2D eigenvalue weighted by Crippen LogP contribution is 2.21. The fraction of sp³-hybridized carbons (Fsp3) is 0.105. The maximum atomic E-state index is 12.5. The molecule has 0 aliphatic heterocycles. The molecule has 126 valence electrons. The van der Waals surface area contributed by atoms with E-state index < -0.39 is 0 Å². The Hall–Kier alpha value is -2.92. The highest BCUT2D eigenvalue weighted by Gasteiger charge is 2.12. The summed E-state index contributed by atoms with van der Waals surface area (Å²) < 4.78 is 0. The Kier molecular flexibility index (Phi) is 5.59. The number of aromatic nitrogens is 2. The highest BCUT2D eigenvalue weighted by molar-refractivity contribution is 6.30. The maximum absolute atomic E-state index is 12.5. The fourth-order valence-electron chi connectivity index (χ4n) is 2.34. The lowest BCUT2D eigenvalue weighted by molar-refractivity contribution is 0.0954. The minimum Gasteiger partial charge on any atom is -0.352 e. The molecule has 0 saturated heterocycles. The molecule has 25 heavy (non-hydrogen) atoms. The molecule has 2 heterocycles. The molecule has 5 nitrogen and oxygen atoms in total. The highest BCUT2D eigenvalue weighted by atomic mass is 35.5. The van der Waals surface area contributed by atoms with Crippen LogP contribution in [0.15, 0.2) is 67.0 Å². The van der Waals surface area contributed by atoms with Gasteiger partial charge in [-0.1, -0.05) is 23.7 Å². The van der Waals surface area contributed by atoms with Crippen LogP contribution in [0.3, 0.4) is 0 Å². The lowest BCUT2D eigenvalue weighted by atomic mass is 10.2. The number of benzene rings is 1. The zero-order chi connectivity index (χ0) is 17.5. The molecule has 0 aliphatic rings. The van der Waals surface area contributed by atoms with Crippen LogP contribution in [-0.4, -0.2) is 22.4 Å². The van der Waals surface area contributed by atoms with E-state index in [4.69, 9.17) is 11.6 Å². The lowest BCUT2D eigenvalue weighted by Gasteiger charge is -2.11. The summed E-state index contributed by atoms with van der Waals surface area (Å²) in [7, 11) is 0. The number of rotatable bonds is 6. The topological polar surface area (TPSA) is 66.9 Å². The second-order valence-electron chi connectivity index (χ2n) is 5.36. The molecule has 2 aromatic heterocycles. The zero-order valence-corrected chi connectivity index (χ0v) is 14.2. The first kappa shape index (κ1) is 16.9. The van der Waals surface area contributed by atoms with Gasteiger partial charge in [0.15, 0.2) is 0 Å². The Morgan fingerprint density at radius 1 is 1.00 bits per heavy atom. The first-order valence-corrected chi connectivity index (χ1v) is 8.26. The molecule has 6 heteroatoms. The summed E-state index contributed by atoms with van der Waals surface area (Å²) in [5, 5.41) is 6.65. The van der Waals surface area contributed by atoms with Crippen molar-refractivity contribution in [1.82, 2.24) is 15.3 Å². The summed E-state index contributed by atoms with van der Waals surface area (Å²) in [6.45, 7) is 0.501. The van der Waals surface area contributed by atoms with Gasteiger partial charge in [-0.05, 0) is 42.5 Å². The van der Waals surface area contributed by atoms with Gasteiger partial charge in [-0.25, -0.2) is 4.98 Å². The van der Waals surface area contributed by atoms with Crippen LogP contribution in [-0.2, 0) is 6.42 Å². The van der Waals surface area contributed by atoms with Crippen LogP contribution in [0.1, 0.15) is 16.1 Å². The SMILES string of the molecule is O=C(NCCc1ccccn1)c1cccnc1Nc1cccc(Cl)c1. The number of nitrogens with one attached hydrogen (secondary N) is 2. The van der Waals surface area contributed by atoms with Crippen molar-refractivity contribution in [3.63, 3.8) is 0 Å². The monoisotopic (exact) mass is 352 g/mol. The summed E-state index contributed by atoms with van der Waals surface area (Å²) in [5.74, 6) is 0.300. The Morgan fingerprint density at radius 3 is 2.68 bits per heavy atom. The summed E-state index contributed by atoms with van der Waals surface area (Å²) in [4.78, 5) is 21.0. The van der Waals surface area contributed by atoms with Crippen molar-refractivity contribution in [1.29, 1.82) is 0 Å². The van der Waals surface area contributed by atoms with Crippen molar-refractivity contribution < 1.29 is 4.79 Å². The number of carbonyl (C=O) groups excluding carboxylic acids is 1. The molecular weight excluding hydrogens is 336 g/mol. The van der Waals surface area contributed by atoms with Crippen molar-refractivity contribution >= 4 is 29.0 Å². The summed E-state index contributed by atoms with van der Waals surface area (Å²) >= 11 is 5.99. The number of halogens is 1. The molecule has 0 atom stereocenters. The van der Waals surface area contributed by atoms with Crippen LogP contribution < -0.4 is 10.6 Å².